The van der Waals surface area contributed by atoms with Crippen molar-refractivity contribution in [1.82, 2.24) is 0 Å². The van der Waals surface area contributed by atoms with Crippen molar-refractivity contribution in [1.29, 1.82) is 0 Å². The first-order valence-corrected chi connectivity index (χ1v) is 10.9. The third kappa shape index (κ3) is 6.32. The number of sulfonamides is 1. The van der Waals surface area contributed by atoms with Gasteiger partial charge in [0.1, 0.15) is 0 Å². The van der Waals surface area contributed by atoms with Crippen molar-refractivity contribution < 1.29 is 27.5 Å². The Kier molecular flexibility index (Phi) is 8.37. The van der Waals surface area contributed by atoms with Crippen molar-refractivity contribution in [2.45, 2.75) is 11.8 Å². The minimum atomic E-state index is -3.75. The molecule has 0 aliphatic rings. The molecule has 3 aromatic carbocycles. The maximum atomic E-state index is 12.3. The summed E-state index contributed by atoms with van der Waals surface area (Å²) in [7, 11) is -1.18. The van der Waals surface area contributed by atoms with E-state index >= 15 is 0 Å². The highest BCUT2D eigenvalue weighted by atomic mass is 32.2. The number of nitrogen functional groups attached to an aromatic ring is 1. The number of hydrogen-bond donors (Lipinski definition) is 2. The Morgan fingerprint density at radius 2 is 1.28 bits per heavy atom. The molecule has 0 radical (unpaired) electrons. The van der Waals surface area contributed by atoms with Crippen molar-refractivity contribution in [2.24, 2.45) is 0 Å². The van der Waals surface area contributed by atoms with E-state index < -0.39 is 22.0 Å². The Labute approximate surface area is 187 Å². The number of benzene rings is 3. The van der Waals surface area contributed by atoms with E-state index in [1.54, 1.807) is 48.5 Å². The van der Waals surface area contributed by atoms with Crippen LogP contribution in [0.15, 0.2) is 77.7 Å². The molecule has 3 aromatic rings. The molecule has 0 spiro atoms. The van der Waals surface area contributed by atoms with Crippen LogP contribution in [0.3, 0.4) is 0 Å². The summed E-state index contributed by atoms with van der Waals surface area (Å²) in [5, 5.41) is 0. The lowest BCUT2D eigenvalue weighted by atomic mass is 10.2. The molecule has 0 saturated heterocycles. The minimum absolute atomic E-state index is 0.132. The lowest BCUT2D eigenvalue weighted by Crippen LogP contribution is -2.16. The average molecular weight is 457 g/mol. The van der Waals surface area contributed by atoms with E-state index in [9.17, 15) is 18.0 Å². The first-order valence-electron chi connectivity index (χ1n) is 9.39. The van der Waals surface area contributed by atoms with E-state index in [0.29, 0.717) is 11.3 Å². The maximum Gasteiger partial charge on any atom is 0.339 e. The minimum Gasteiger partial charge on any atom is -0.465 e. The Balaban J connectivity index is 0.000000278. The fraction of sp³-hybridized carbons (Fsp3) is 0.130. The van der Waals surface area contributed by atoms with Crippen molar-refractivity contribution >= 4 is 33.3 Å². The van der Waals surface area contributed by atoms with Crippen molar-refractivity contribution in [3.8, 4) is 0 Å². The molecule has 0 fully saturated rings. The molecule has 0 aliphatic heterocycles. The number of nitrogens with two attached hydrogens (primary N) is 1. The molecular weight excluding hydrogens is 432 g/mol. The van der Waals surface area contributed by atoms with Crippen LogP contribution >= 0.6 is 0 Å². The quantitative estimate of drug-likeness (QED) is 0.443. The summed E-state index contributed by atoms with van der Waals surface area (Å²) in [5.41, 5.74) is 7.66. The SMILES string of the molecule is COC(=O)c1ccccc1N.COC(=O)c1ccccc1NS(=O)(=O)c1ccc(C)cc1. The molecule has 3 N–H and O–H groups in total. The van der Waals surface area contributed by atoms with Gasteiger partial charge in [-0.25, -0.2) is 18.0 Å². The summed E-state index contributed by atoms with van der Waals surface area (Å²) in [5.74, 6) is -1.000. The van der Waals surface area contributed by atoms with E-state index in [4.69, 9.17) is 5.73 Å². The molecule has 8 nitrogen and oxygen atoms in total. The van der Waals surface area contributed by atoms with Crippen LogP contribution in [0.1, 0.15) is 26.3 Å². The average Bonchev–Trinajstić information content (AvgIpc) is 2.79. The molecule has 0 amide bonds. The number of carbonyl (C=O) groups excluding carboxylic acids is 2. The predicted molar refractivity (Wildman–Crippen MR) is 122 cm³/mol. The highest BCUT2D eigenvalue weighted by Gasteiger charge is 2.18. The van der Waals surface area contributed by atoms with Gasteiger partial charge in [-0.3, -0.25) is 4.72 Å². The van der Waals surface area contributed by atoms with Gasteiger partial charge in [-0.15, -0.1) is 0 Å². The van der Waals surface area contributed by atoms with Crippen LogP contribution < -0.4 is 10.5 Å². The number of methoxy groups -OCH3 is 2. The third-order valence-corrected chi connectivity index (χ3v) is 5.66. The molecule has 9 heteroatoms. The van der Waals surface area contributed by atoms with Gasteiger partial charge >= 0.3 is 11.9 Å². The van der Waals surface area contributed by atoms with Crippen LogP contribution in [0.5, 0.6) is 0 Å². The molecule has 32 heavy (non-hydrogen) atoms. The zero-order chi connectivity index (χ0) is 23.7. The van der Waals surface area contributed by atoms with Gasteiger partial charge in [0.15, 0.2) is 0 Å². The molecule has 0 unspecified atom stereocenters. The lowest BCUT2D eigenvalue weighted by Gasteiger charge is -2.11. The molecule has 0 aliphatic carbocycles. The first kappa shape index (κ1) is 24.4. The zero-order valence-corrected chi connectivity index (χ0v) is 18.7. The smallest absolute Gasteiger partial charge is 0.339 e. The third-order valence-electron chi connectivity index (χ3n) is 4.27. The molecule has 0 saturated carbocycles. The maximum absolute atomic E-state index is 12.3. The normalized spacial score (nSPS) is 10.3. The Bertz CT molecular complexity index is 1190. The predicted octanol–water partition coefficient (Wildman–Crippen LogP) is 3.64. The van der Waals surface area contributed by atoms with Gasteiger partial charge in [0.25, 0.3) is 10.0 Å². The van der Waals surface area contributed by atoms with Crippen molar-refractivity contribution in [2.75, 3.05) is 24.7 Å². The highest BCUT2D eigenvalue weighted by Crippen LogP contribution is 2.21. The summed E-state index contributed by atoms with van der Waals surface area (Å²) < 4.78 is 36.2. The number of carbonyl (C=O) groups is 2. The Morgan fingerprint density at radius 1 is 0.781 bits per heavy atom. The molecule has 0 heterocycles. The summed E-state index contributed by atoms with van der Waals surface area (Å²) in [4.78, 5) is 22.7. The monoisotopic (exact) mass is 456 g/mol. The molecule has 0 atom stereocenters. The number of esters is 2. The molecule has 168 valence electrons. The van der Waals surface area contributed by atoms with E-state index in [-0.39, 0.29) is 16.1 Å². The Morgan fingerprint density at radius 3 is 1.84 bits per heavy atom. The fourth-order valence-electron chi connectivity index (χ4n) is 2.57. The van der Waals surface area contributed by atoms with Crippen LogP contribution in [0.25, 0.3) is 0 Å². The largest absolute Gasteiger partial charge is 0.465 e. The van der Waals surface area contributed by atoms with Crippen molar-refractivity contribution in [3.63, 3.8) is 0 Å². The summed E-state index contributed by atoms with van der Waals surface area (Å²) in [6.45, 7) is 1.87. The number of nitrogens with one attached hydrogen (secondary N) is 1. The van der Waals surface area contributed by atoms with Crippen LogP contribution in [-0.4, -0.2) is 34.6 Å². The zero-order valence-electron chi connectivity index (χ0n) is 17.9. The second-order valence-corrected chi connectivity index (χ2v) is 8.22. The summed E-state index contributed by atoms with van der Waals surface area (Å²) >= 11 is 0. The summed E-state index contributed by atoms with van der Waals surface area (Å²) in [6, 6.07) is 19.5. The fourth-order valence-corrected chi connectivity index (χ4v) is 3.65. The van der Waals surface area contributed by atoms with E-state index in [1.807, 2.05) is 6.92 Å². The standard InChI is InChI=1S/C15H15NO4S.C8H9NO2/c1-11-7-9-12(10-8-11)21(18,19)16-14-6-4-3-5-13(14)15(17)20-2;1-11-8(10)6-4-2-3-5-7(6)9/h3-10,16H,1-2H3;2-5H,9H2,1H3. The van der Waals surface area contributed by atoms with Crippen LogP contribution in [0, 0.1) is 6.92 Å². The number of para-hydroxylation sites is 2. The second kappa shape index (κ2) is 11.0. The Hall–Kier alpha value is -3.85. The van der Waals surface area contributed by atoms with E-state index in [0.717, 1.165) is 5.56 Å². The van der Waals surface area contributed by atoms with E-state index in [2.05, 4.69) is 14.2 Å². The summed E-state index contributed by atoms with van der Waals surface area (Å²) in [6.07, 6.45) is 0. The van der Waals surface area contributed by atoms with Gasteiger partial charge in [-0.05, 0) is 43.3 Å². The van der Waals surface area contributed by atoms with Crippen LogP contribution in [0.2, 0.25) is 0 Å². The number of ether oxygens (including phenoxy) is 2. The van der Waals surface area contributed by atoms with Crippen LogP contribution in [-0.2, 0) is 19.5 Å². The highest BCUT2D eigenvalue weighted by molar-refractivity contribution is 7.92. The molecule has 0 aromatic heterocycles. The van der Waals surface area contributed by atoms with Crippen LogP contribution in [0.4, 0.5) is 11.4 Å². The number of rotatable bonds is 5. The van der Waals surface area contributed by atoms with Crippen molar-refractivity contribution in [3.05, 3.63) is 89.5 Å². The lowest BCUT2D eigenvalue weighted by molar-refractivity contribution is 0.0593. The van der Waals surface area contributed by atoms with Gasteiger partial charge < -0.3 is 15.2 Å². The van der Waals surface area contributed by atoms with Gasteiger partial charge in [0.05, 0.1) is 35.9 Å². The molecule has 3 rings (SSSR count). The molecule has 0 bridgehead atoms. The van der Waals surface area contributed by atoms with Gasteiger partial charge in [0.2, 0.25) is 0 Å². The second-order valence-electron chi connectivity index (χ2n) is 6.53. The number of anilines is 2. The molecular formula is C23H24N2O6S. The topological polar surface area (TPSA) is 125 Å². The van der Waals surface area contributed by atoms with E-state index in [1.165, 1.54) is 38.5 Å². The number of aryl methyl sites for hydroxylation is 1. The number of hydrogen-bond acceptors (Lipinski definition) is 7. The first-order chi connectivity index (χ1) is 15.2. The van der Waals surface area contributed by atoms with Gasteiger partial charge in [-0.1, -0.05) is 42.0 Å². The van der Waals surface area contributed by atoms with Gasteiger partial charge in [-0.2, -0.15) is 0 Å². The van der Waals surface area contributed by atoms with Gasteiger partial charge in [0, 0.05) is 5.69 Å².